The third kappa shape index (κ3) is 1.95. The first-order valence-electron chi connectivity index (χ1n) is 6.95. The van der Waals surface area contributed by atoms with Gasteiger partial charge in [-0.05, 0) is 76.4 Å². The lowest BCUT2D eigenvalue weighted by molar-refractivity contribution is 0.425. The number of benzene rings is 1. The van der Waals surface area contributed by atoms with E-state index in [0.717, 1.165) is 6.42 Å². The van der Waals surface area contributed by atoms with E-state index in [1.54, 1.807) is 0 Å². The molecule has 2 nitrogen and oxygen atoms in total. The van der Waals surface area contributed by atoms with Crippen molar-refractivity contribution in [2.45, 2.75) is 18.4 Å². The van der Waals surface area contributed by atoms with Crippen molar-refractivity contribution in [3.8, 4) is 0 Å². The monoisotopic (exact) mass is 374 g/mol. The fourth-order valence-corrected chi connectivity index (χ4v) is 3.98. The minimum absolute atomic E-state index is 0.380. The van der Waals surface area contributed by atoms with Crippen LogP contribution in [0.25, 0.3) is 0 Å². The van der Waals surface area contributed by atoms with E-state index in [0.29, 0.717) is 17.9 Å². The Morgan fingerprint density at radius 2 is 2.00 bits per heavy atom. The van der Waals surface area contributed by atoms with Crippen molar-refractivity contribution in [2.75, 3.05) is 5.32 Å². The lowest BCUT2D eigenvalue weighted by Gasteiger charge is -2.37. The fraction of sp³-hybridized carbons (Fsp3) is 0.235. The van der Waals surface area contributed by atoms with E-state index in [2.05, 4.69) is 75.4 Å². The number of pyridine rings is 1. The number of nitrogens with one attached hydrogen (secondary N) is 1. The highest BCUT2D eigenvalue weighted by Gasteiger charge is 2.37. The highest BCUT2D eigenvalue weighted by atomic mass is 127. The van der Waals surface area contributed by atoms with Gasteiger partial charge in [-0.2, -0.15) is 0 Å². The Morgan fingerprint density at radius 3 is 2.85 bits per heavy atom. The molecule has 1 aliphatic carbocycles. The highest BCUT2D eigenvalue weighted by Crippen LogP contribution is 2.49. The van der Waals surface area contributed by atoms with Crippen molar-refractivity contribution >= 4 is 28.3 Å². The zero-order valence-corrected chi connectivity index (χ0v) is 13.1. The van der Waals surface area contributed by atoms with E-state index in [-0.39, 0.29) is 0 Å². The standard InChI is InChI=1S/C17H15IN2/c18-12-4-5-16-15(10-12)13-2-1-3-14(13)17(20-16)11-6-8-19-9-7-11/h1-2,4-10,13-14,17,20H,3H2/t13-,14-,17-/m0/s1. The summed E-state index contributed by atoms with van der Waals surface area (Å²) in [4.78, 5) is 4.14. The molecule has 0 saturated carbocycles. The maximum atomic E-state index is 4.14. The lowest BCUT2D eigenvalue weighted by atomic mass is 9.77. The first-order valence-corrected chi connectivity index (χ1v) is 8.03. The molecule has 4 rings (SSSR count). The van der Waals surface area contributed by atoms with Crippen LogP contribution in [0, 0.1) is 9.49 Å². The molecule has 2 aliphatic rings. The molecule has 3 atom stereocenters. The van der Waals surface area contributed by atoms with Crippen LogP contribution in [0.15, 0.2) is 54.9 Å². The van der Waals surface area contributed by atoms with Crippen LogP contribution in [0.4, 0.5) is 5.69 Å². The smallest absolute Gasteiger partial charge is 0.0555 e. The Kier molecular flexibility index (Phi) is 3.02. The van der Waals surface area contributed by atoms with Crippen LogP contribution in [0.1, 0.15) is 29.5 Å². The van der Waals surface area contributed by atoms with E-state index in [1.807, 2.05) is 12.4 Å². The van der Waals surface area contributed by atoms with Crippen LogP contribution >= 0.6 is 22.6 Å². The molecule has 0 bridgehead atoms. The molecular weight excluding hydrogens is 359 g/mol. The van der Waals surface area contributed by atoms with E-state index < -0.39 is 0 Å². The van der Waals surface area contributed by atoms with Crippen molar-refractivity contribution in [2.24, 2.45) is 5.92 Å². The van der Waals surface area contributed by atoms with Crippen LogP contribution in [-0.4, -0.2) is 4.98 Å². The van der Waals surface area contributed by atoms with Crippen molar-refractivity contribution in [3.05, 3.63) is 69.6 Å². The average Bonchev–Trinajstić information content (AvgIpc) is 2.97. The molecule has 0 amide bonds. The summed E-state index contributed by atoms with van der Waals surface area (Å²) in [6.07, 6.45) is 9.64. The maximum absolute atomic E-state index is 4.14. The minimum Gasteiger partial charge on any atom is -0.378 e. The molecule has 0 radical (unpaired) electrons. The normalized spacial score (nSPS) is 26.8. The zero-order valence-electron chi connectivity index (χ0n) is 11.0. The Labute approximate surface area is 132 Å². The van der Waals surface area contributed by atoms with Crippen LogP contribution in [0.2, 0.25) is 0 Å². The molecule has 0 unspecified atom stereocenters. The summed E-state index contributed by atoms with van der Waals surface area (Å²) in [6, 6.07) is 11.3. The molecule has 1 aromatic carbocycles. The topological polar surface area (TPSA) is 24.9 Å². The van der Waals surface area contributed by atoms with Gasteiger partial charge in [0.05, 0.1) is 6.04 Å². The summed E-state index contributed by atoms with van der Waals surface area (Å²) >= 11 is 2.40. The van der Waals surface area contributed by atoms with Crippen molar-refractivity contribution < 1.29 is 0 Å². The van der Waals surface area contributed by atoms with Crippen LogP contribution in [0.5, 0.6) is 0 Å². The second kappa shape index (κ2) is 4.88. The van der Waals surface area contributed by atoms with E-state index in [4.69, 9.17) is 0 Å². The van der Waals surface area contributed by atoms with Crippen LogP contribution in [-0.2, 0) is 0 Å². The fourth-order valence-electron chi connectivity index (χ4n) is 3.47. The van der Waals surface area contributed by atoms with Gasteiger partial charge in [-0.1, -0.05) is 12.2 Å². The van der Waals surface area contributed by atoms with E-state index >= 15 is 0 Å². The molecule has 2 aromatic rings. The number of nitrogens with zero attached hydrogens (tertiary/aromatic N) is 1. The average molecular weight is 374 g/mol. The first kappa shape index (κ1) is 12.4. The van der Waals surface area contributed by atoms with E-state index in [1.165, 1.54) is 20.4 Å². The maximum Gasteiger partial charge on any atom is 0.0555 e. The molecule has 1 aromatic heterocycles. The number of hydrogen-bond donors (Lipinski definition) is 1. The Morgan fingerprint density at radius 1 is 1.15 bits per heavy atom. The van der Waals surface area contributed by atoms with E-state index in [9.17, 15) is 0 Å². The molecule has 3 heteroatoms. The van der Waals surface area contributed by atoms with Gasteiger partial charge in [-0.25, -0.2) is 0 Å². The summed E-state index contributed by atoms with van der Waals surface area (Å²) in [6.45, 7) is 0. The molecule has 20 heavy (non-hydrogen) atoms. The number of aromatic nitrogens is 1. The largest absolute Gasteiger partial charge is 0.378 e. The summed E-state index contributed by atoms with van der Waals surface area (Å²) in [5, 5.41) is 3.74. The van der Waals surface area contributed by atoms with Gasteiger partial charge in [0.1, 0.15) is 0 Å². The van der Waals surface area contributed by atoms with Crippen LogP contribution in [0.3, 0.4) is 0 Å². The third-order valence-electron chi connectivity index (χ3n) is 4.39. The number of halogens is 1. The first-order chi connectivity index (χ1) is 9.83. The number of rotatable bonds is 1. The summed E-state index contributed by atoms with van der Waals surface area (Å²) < 4.78 is 1.31. The molecule has 100 valence electrons. The van der Waals surface area contributed by atoms with Gasteiger partial charge in [0.2, 0.25) is 0 Å². The number of fused-ring (bicyclic) bond motifs is 3. The quantitative estimate of drug-likeness (QED) is 0.587. The van der Waals surface area contributed by atoms with Gasteiger partial charge in [-0.15, -0.1) is 0 Å². The van der Waals surface area contributed by atoms with Gasteiger partial charge in [0.15, 0.2) is 0 Å². The highest BCUT2D eigenvalue weighted by molar-refractivity contribution is 14.1. The molecule has 0 fully saturated rings. The number of allylic oxidation sites excluding steroid dienone is 2. The van der Waals surface area contributed by atoms with Crippen LogP contribution < -0.4 is 5.32 Å². The van der Waals surface area contributed by atoms with Crippen molar-refractivity contribution in [1.29, 1.82) is 0 Å². The molecule has 1 aliphatic heterocycles. The molecule has 0 saturated heterocycles. The minimum atomic E-state index is 0.380. The second-order valence-corrected chi connectivity index (χ2v) is 6.73. The molecule has 2 heterocycles. The van der Waals surface area contributed by atoms with Gasteiger partial charge >= 0.3 is 0 Å². The predicted octanol–water partition coefficient (Wildman–Crippen LogP) is 4.51. The summed E-state index contributed by atoms with van der Waals surface area (Å²) in [5.41, 5.74) is 4.06. The molecule has 0 spiro atoms. The number of anilines is 1. The van der Waals surface area contributed by atoms with Gasteiger partial charge in [0.25, 0.3) is 0 Å². The van der Waals surface area contributed by atoms with Crippen molar-refractivity contribution in [3.63, 3.8) is 0 Å². The summed E-state index contributed by atoms with van der Waals surface area (Å²) in [5.74, 6) is 1.15. The second-order valence-electron chi connectivity index (χ2n) is 5.49. The Hall–Kier alpha value is -1.36. The Bertz CT molecular complexity index is 666. The van der Waals surface area contributed by atoms with Gasteiger partial charge in [0, 0.05) is 27.6 Å². The SMILES string of the molecule is Ic1ccc2c(c1)[C@H]1C=CC[C@@H]1[C@H](c1ccncc1)N2. The molecule has 1 N–H and O–H groups in total. The summed E-state index contributed by atoms with van der Waals surface area (Å²) in [7, 11) is 0. The predicted molar refractivity (Wildman–Crippen MR) is 89.7 cm³/mol. The number of hydrogen-bond acceptors (Lipinski definition) is 2. The third-order valence-corrected chi connectivity index (χ3v) is 5.06. The lowest BCUT2D eigenvalue weighted by Crippen LogP contribution is -2.29. The molecular formula is C17H15IN2. The van der Waals surface area contributed by atoms with Crippen molar-refractivity contribution in [1.82, 2.24) is 4.98 Å². The zero-order chi connectivity index (χ0) is 13.5. The van der Waals surface area contributed by atoms with Gasteiger partial charge < -0.3 is 5.32 Å². The Balaban J connectivity index is 1.80. The van der Waals surface area contributed by atoms with Gasteiger partial charge in [-0.3, -0.25) is 4.98 Å².